The highest BCUT2D eigenvalue weighted by molar-refractivity contribution is 5.38. The van der Waals surface area contributed by atoms with Gasteiger partial charge in [-0.25, -0.2) is 9.97 Å². The molecule has 0 unspecified atom stereocenters. The molecule has 106 valence electrons. The van der Waals surface area contributed by atoms with Gasteiger partial charge in [0.2, 0.25) is 5.95 Å². The molecule has 1 aromatic heterocycles. The predicted molar refractivity (Wildman–Crippen MR) is 77.5 cm³/mol. The smallest absolute Gasteiger partial charge is 0.225 e. The average molecular weight is 271 g/mol. The average Bonchev–Trinajstić information content (AvgIpc) is 2.98. The number of nitrogens with zero attached hydrogens (tertiary/aromatic N) is 4. The first-order chi connectivity index (χ1) is 9.49. The highest BCUT2D eigenvalue weighted by atomic mass is 15.3. The molecular formula is C15H21N5. The number of aromatic nitrogens is 2. The van der Waals surface area contributed by atoms with Gasteiger partial charge in [0.15, 0.2) is 0 Å². The zero-order valence-electron chi connectivity index (χ0n) is 12.3. The number of rotatable bonds is 2. The summed E-state index contributed by atoms with van der Waals surface area (Å²) >= 11 is 0. The lowest BCUT2D eigenvalue weighted by Gasteiger charge is -2.21. The maximum absolute atomic E-state index is 9.29. The number of aryl methyl sites for hydroxylation is 1. The van der Waals surface area contributed by atoms with Gasteiger partial charge >= 0.3 is 0 Å². The molecule has 0 spiro atoms. The van der Waals surface area contributed by atoms with Crippen molar-refractivity contribution in [1.29, 1.82) is 5.26 Å². The Morgan fingerprint density at radius 2 is 1.95 bits per heavy atom. The summed E-state index contributed by atoms with van der Waals surface area (Å²) in [4.78, 5) is 11.5. The van der Waals surface area contributed by atoms with E-state index in [4.69, 9.17) is 0 Å². The van der Waals surface area contributed by atoms with Crippen LogP contribution in [0.2, 0.25) is 0 Å². The van der Waals surface area contributed by atoms with Crippen LogP contribution in [0.15, 0.2) is 6.07 Å². The van der Waals surface area contributed by atoms with Crippen molar-refractivity contribution in [2.24, 2.45) is 11.8 Å². The lowest BCUT2D eigenvalue weighted by atomic mass is 9.91. The van der Waals surface area contributed by atoms with E-state index in [-0.39, 0.29) is 0 Å². The van der Waals surface area contributed by atoms with E-state index in [9.17, 15) is 5.26 Å². The lowest BCUT2D eigenvalue weighted by molar-refractivity contribution is 0.533. The summed E-state index contributed by atoms with van der Waals surface area (Å²) in [6, 6.07) is 4.25. The molecule has 3 rings (SSSR count). The summed E-state index contributed by atoms with van der Waals surface area (Å²) in [6.45, 7) is 10.0. The minimum atomic E-state index is -0.570. The molecule has 3 heterocycles. The van der Waals surface area contributed by atoms with Crippen molar-refractivity contribution in [3.05, 3.63) is 17.5 Å². The SMILES string of the molecule is Cc1cc(C(C)(C)C#N)nc(N2C[C@H]3CNC[C@H]3C2)n1. The second-order valence-electron chi connectivity index (χ2n) is 6.51. The van der Waals surface area contributed by atoms with Crippen LogP contribution in [0.3, 0.4) is 0 Å². The molecule has 2 aliphatic heterocycles. The van der Waals surface area contributed by atoms with Crippen molar-refractivity contribution in [2.75, 3.05) is 31.1 Å². The van der Waals surface area contributed by atoms with Crippen LogP contribution < -0.4 is 10.2 Å². The van der Waals surface area contributed by atoms with Gasteiger partial charge in [-0.15, -0.1) is 0 Å². The van der Waals surface area contributed by atoms with E-state index in [0.29, 0.717) is 11.8 Å². The van der Waals surface area contributed by atoms with Gasteiger partial charge in [0.25, 0.3) is 0 Å². The second kappa shape index (κ2) is 4.71. The van der Waals surface area contributed by atoms with Crippen molar-refractivity contribution in [3.63, 3.8) is 0 Å². The third-order valence-electron chi connectivity index (χ3n) is 4.43. The molecule has 0 radical (unpaired) electrons. The first kappa shape index (κ1) is 13.3. The van der Waals surface area contributed by atoms with Crippen molar-refractivity contribution >= 4 is 5.95 Å². The van der Waals surface area contributed by atoms with E-state index in [0.717, 1.165) is 43.5 Å². The quantitative estimate of drug-likeness (QED) is 0.877. The van der Waals surface area contributed by atoms with Crippen molar-refractivity contribution in [2.45, 2.75) is 26.2 Å². The molecule has 1 aromatic rings. The Morgan fingerprint density at radius 1 is 1.30 bits per heavy atom. The fourth-order valence-corrected chi connectivity index (χ4v) is 3.09. The van der Waals surface area contributed by atoms with Gasteiger partial charge < -0.3 is 10.2 Å². The maximum Gasteiger partial charge on any atom is 0.225 e. The molecule has 5 heteroatoms. The molecule has 0 saturated carbocycles. The number of anilines is 1. The number of hydrogen-bond donors (Lipinski definition) is 1. The molecule has 20 heavy (non-hydrogen) atoms. The largest absolute Gasteiger partial charge is 0.340 e. The van der Waals surface area contributed by atoms with Gasteiger partial charge in [0.05, 0.1) is 17.2 Å². The van der Waals surface area contributed by atoms with Crippen LogP contribution in [0.1, 0.15) is 25.2 Å². The molecule has 0 aliphatic carbocycles. The third kappa shape index (κ3) is 2.25. The fourth-order valence-electron chi connectivity index (χ4n) is 3.09. The molecule has 2 atom stereocenters. The molecule has 0 aromatic carbocycles. The highest BCUT2D eigenvalue weighted by Gasteiger charge is 2.37. The van der Waals surface area contributed by atoms with Crippen molar-refractivity contribution in [1.82, 2.24) is 15.3 Å². The summed E-state index contributed by atoms with van der Waals surface area (Å²) in [7, 11) is 0. The summed E-state index contributed by atoms with van der Waals surface area (Å²) in [5.74, 6) is 2.22. The van der Waals surface area contributed by atoms with Gasteiger partial charge in [-0.1, -0.05) is 0 Å². The van der Waals surface area contributed by atoms with Gasteiger partial charge in [0.1, 0.15) is 0 Å². The number of nitrogens with one attached hydrogen (secondary N) is 1. The normalized spacial score (nSPS) is 25.6. The maximum atomic E-state index is 9.29. The molecule has 0 bridgehead atoms. The van der Waals surface area contributed by atoms with Gasteiger partial charge in [-0.2, -0.15) is 5.26 Å². The summed E-state index contributed by atoms with van der Waals surface area (Å²) < 4.78 is 0. The first-order valence-electron chi connectivity index (χ1n) is 7.22. The van der Waals surface area contributed by atoms with Crippen LogP contribution >= 0.6 is 0 Å². The molecular weight excluding hydrogens is 250 g/mol. The van der Waals surface area contributed by atoms with Gasteiger partial charge in [0, 0.05) is 31.9 Å². The van der Waals surface area contributed by atoms with Crippen LogP contribution in [0.5, 0.6) is 0 Å². The standard InChI is InChI=1S/C15H21N5/c1-10-4-13(15(2,3)9-16)19-14(18-10)20-7-11-5-17-6-12(11)8-20/h4,11-12,17H,5-8H2,1-3H3/t11-,12+. The monoisotopic (exact) mass is 271 g/mol. The fraction of sp³-hybridized carbons (Fsp3) is 0.667. The Labute approximate surface area is 120 Å². The summed E-state index contributed by atoms with van der Waals surface area (Å²) in [6.07, 6.45) is 0. The molecule has 2 fully saturated rings. The second-order valence-corrected chi connectivity index (χ2v) is 6.51. The Morgan fingerprint density at radius 3 is 2.55 bits per heavy atom. The minimum absolute atomic E-state index is 0.570. The summed E-state index contributed by atoms with van der Waals surface area (Å²) in [5.41, 5.74) is 1.18. The van der Waals surface area contributed by atoms with E-state index < -0.39 is 5.41 Å². The van der Waals surface area contributed by atoms with E-state index >= 15 is 0 Å². The Bertz CT molecular complexity index is 548. The summed E-state index contributed by atoms with van der Waals surface area (Å²) in [5, 5.41) is 12.7. The van der Waals surface area contributed by atoms with Crippen LogP contribution in [0.4, 0.5) is 5.95 Å². The van der Waals surface area contributed by atoms with E-state index in [1.807, 2.05) is 26.8 Å². The molecule has 5 nitrogen and oxygen atoms in total. The number of hydrogen-bond acceptors (Lipinski definition) is 5. The number of fused-ring (bicyclic) bond motifs is 1. The van der Waals surface area contributed by atoms with Crippen LogP contribution in [-0.4, -0.2) is 36.1 Å². The van der Waals surface area contributed by atoms with E-state index in [1.54, 1.807) is 0 Å². The highest BCUT2D eigenvalue weighted by Crippen LogP contribution is 2.30. The minimum Gasteiger partial charge on any atom is -0.340 e. The zero-order chi connectivity index (χ0) is 14.3. The van der Waals surface area contributed by atoms with E-state index in [1.165, 1.54) is 0 Å². The number of nitriles is 1. The predicted octanol–water partition coefficient (Wildman–Crippen LogP) is 1.24. The molecule has 0 amide bonds. The molecule has 2 aliphatic rings. The Hall–Kier alpha value is -1.67. The van der Waals surface area contributed by atoms with Crippen LogP contribution in [0, 0.1) is 30.1 Å². The van der Waals surface area contributed by atoms with Gasteiger partial charge in [-0.05, 0) is 38.7 Å². The van der Waals surface area contributed by atoms with Crippen LogP contribution in [0.25, 0.3) is 0 Å². The van der Waals surface area contributed by atoms with Crippen LogP contribution in [-0.2, 0) is 5.41 Å². The lowest BCUT2D eigenvalue weighted by Crippen LogP contribution is -2.28. The van der Waals surface area contributed by atoms with Crippen molar-refractivity contribution in [3.8, 4) is 6.07 Å². The first-order valence-corrected chi connectivity index (χ1v) is 7.22. The van der Waals surface area contributed by atoms with E-state index in [2.05, 4.69) is 26.3 Å². The van der Waals surface area contributed by atoms with Crippen molar-refractivity contribution < 1.29 is 0 Å². The van der Waals surface area contributed by atoms with Gasteiger partial charge in [-0.3, -0.25) is 0 Å². The molecule has 1 N–H and O–H groups in total. The molecule has 2 saturated heterocycles. The third-order valence-corrected chi connectivity index (χ3v) is 4.43. The zero-order valence-corrected chi connectivity index (χ0v) is 12.3. The topological polar surface area (TPSA) is 64.8 Å². The Balaban J connectivity index is 1.89. The Kier molecular flexibility index (Phi) is 3.14.